The van der Waals surface area contributed by atoms with Gasteiger partial charge in [0.25, 0.3) is 0 Å². The number of aliphatic carboxylic acids is 2. The molecule has 0 unspecified atom stereocenters. The van der Waals surface area contributed by atoms with E-state index >= 15 is 0 Å². The number of hydrogen-bond donors (Lipinski definition) is 2. The van der Waals surface area contributed by atoms with Gasteiger partial charge in [-0.2, -0.15) is 0 Å². The van der Waals surface area contributed by atoms with Gasteiger partial charge < -0.3 is 29.5 Å². The summed E-state index contributed by atoms with van der Waals surface area (Å²) in [5, 5.41) is 17.6. The number of nitrogens with zero attached hydrogens (tertiary/aromatic N) is 2. The highest BCUT2D eigenvalue weighted by molar-refractivity contribution is 5.72. The van der Waals surface area contributed by atoms with Crippen LogP contribution in [0.15, 0.2) is 0 Å². The quantitative estimate of drug-likeness (QED) is 0.643. The topological polar surface area (TPSA) is 134 Å². The Morgan fingerprint density at radius 1 is 0.625 bits per heavy atom. The molecule has 2 rings (SSSR count). The minimum atomic E-state index is -0.774. The number of rotatable bonds is 2. The second kappa shape index (κ2) is 11.4. The van der Waals surface area contributed by atoms with Gasteiger partial charge >= 0.3 is 24.1 Å². The summed E-state index contributed by atoms with van der Waals surface area (Å²) >= 11 is 0. The molecule has 10 nitrogen and oxygen atoms in total. The van der Waals surface area contributed by atoms with Gasteiger partial charge in [-0.1, -0.05) is 0 Å². The number of carbonyl (C=O) groups is 4. The van der Waals surface area contributed by atoms with Gasteiger partial charge in [0.15, 0.2) is 0 Å². The molecule has 2 heterocycles. The van der Waals surface area contributed by atoms with Crippen LogP contribution in [-0.2, 0) is 19.1 Å². The zero-order valence-electron chi connectivity index (χ0n) is 20.0. The van der Waals surface area contributed by atoms with Gasteiger partial charge in [0.05, 0.1) is 11.8 Å². The minimum absolute atomic E-state index is 0.321. The monoisotopic (exact) mass is 458 g/mol. The van der Waals surface area contributed by atoms with Crippen molar-refractivity contribution in [3.05, 3.63) is 0 Å². The number of carboxylic acids is 2. The van der Waals surface area contributed by atoms with Crippen molar-refractivity contribution in [1.29, 1.82) is 0 Å². The fourth-order valence-electron chi connectivity index (χ4n) is 3.27. The van der Waals surface area contributed by atoms with Crippen molar-refractivity contribution in [2.45, 2.75) is 78.4 Å². The fourth-order valence-corrected chi connectivity index (χ4v) is 3.27. The zero-order chi connectivity index (χ0) is 24.7. The maximum atomic E-state index is 11.6. The first-order valence-electron chi connectivity index (χ1n) is 11.0. The van der Waals surface area contributed by atoms with Crippen LogP contribution in [0.4, 0.5) is 9.59 Å². The van der Waals surface area contributed by atoms with Gasteiger partial charge in [-0.25, -0.2) is 9.59 Å². The van der Waals surface area contributed by atoms with Crippen molar-refractivity contribution in [3.8, 4) is 0 Å². The molecule has 10 heteroatoms. The molecule has 184 valence electrons. The highest BCUT2D eigenvalue weighted by Gasteiger charge is 2.30. The lowest BCUT2D eigenvalue weighted by Gasteiger charge is -2.32. The van der Waals surface area contributed by atoms with E-state index in [0.717, 1.165) is 0 Å². The van der Waals surface area contributed by atoms with Crippen LogP contribution in [0.25, 0.3) is 0 Å². The highest BCUT2D eigenvalue weighted by atomic mass is 16.6. The van der Waals surface area contributed by atoms with Crippen LogP contribution in [0.3, 0.4) is 0 Å². The minimum Gasteiger partial charge on any atom is -0.481 e. The van der Waals surface area contributed by atoms with Crippen molar-refractivity contribution in [2.75, 3.05) is 26.2 Å². The molecular weight excluding hydrogens is 420 g/mol. The Morgan fingerprint density at radius 3 is 1.06 bits per heavy atom. The summed E-state index contributed by atoms with van der Waals surface area (Å²) in [7, 11) is 0. The molecule has 0 aromatic carbocycles. The standard InChI is InChI=1S/2C11H19NO4/c2*1-11(2,3)16-10(15)12-6-4-8(5-7-12)9(13)14/h2*8H,4-7H2,1-3H3,(H,13,14). The van der Waals surface area contributed by atoms with Crippen LogP contribution < -0.4 is 0 Å². The zero-order valence-corrected chi connectivity index (χ0v) is 20.0. The third-order valence-electron chi connectivity index (χ3n) is 4.99. The molecule has 0 aromatic rings. The van der Waals surface area contributed by atoms with Crippen molar-refractivity contribution in [2.24, 2.45) is 11.8 Å². The highest BCUT2D eigenvalue weighted by Crippen LogP contribution is 2.20. The van der Waals surface area contributed by atoms with Crippen LogP contribution in [-0.4, -0.2) is 81.5 Å². The maximum Gasteiger partial charge on any atom is 0.410 e. The van der Waals surface area contributed by atoms with E-state index in [9.17, 15) is 19.2 Å². The Labute approximate surface area is 189 Å². The Hall–Kier alpha value is -2.52. The number of amides is 2. The lowest BCUT2D eigenvalue weighted by Crippen LogP contribution is -2.42. The number of hydrogen-bond acceptors (Lipinski definition) is 6. The van der Waals surface area contributed by atoms with Crippen molar-refractivity contribution in [1.82, 2.24) is 9.80 Å². The summed E-state index contributed by atoms with van der Waals surface area (Å²) in [5.41, 5.74) is -0.999. The first-order chi connectivity index (χ1) is 14.6. The second-order valence-electron chi connectivity index (χ2n) is 10.2. The van der Waals surface area contributed by atoms with E-state index in [0.29, 0.717) is 51.9 Å². The molecule has 0 bridgehead atoms. The average molecular weight is 459 g/mol. The molecule has 0 aliphatic carbocycles. The third kappa shape index (κ3) is 10.2. The molecule has 0 radical (unpaired) electrons. The Bertz CT molecular complexity index is 606. The number of likely N-dealkylation sites (tertiary alicyclic amines) is 2. The molecule has 0 saturated carbocycles. The second-order valence-corrected chi connectivity index (χ2v) is 10.2. The lowest BCUT2D eigenvalue weighted by molar-refractivity contribution is -0.144. The third-order valence-corrected chi connectivity index (χ3v) is 4.99. The van der Waals surface area contributed by atoms with Crippen LogP contribution in [0.1, 0.15) is 67.2 Å². The lowest BCUT2D eigenvalue weighted by atomic mass is 9.97. The normalized spacial score (nSPS) is 18.3. The fraction of sp³-hybridized carbons (Fsp3) is 0.818. The van der Waals surface area contributed by atoms with E-state index in [1.807, 2.05) is 41.5 Å². The summed E-state index contributed by atoms with van der Waals surface area (Å²) in [6.45, 7) is 12.7. The predicted octanol–water partition coefficient (Wildman–Crippen LogP) is 3.44. The van der Waals surface area contributed by atoms with E-state index in [1.54, 1.807) is 9.80 Å². The molecule has 2 amide bonds. The Morgan fingerprint density at radius 2 is 0.875 bits per heavy atom. The molecular formula is C22H38N2O8. The summed E-state index contributed by atoms with van der Waals surface area (Å²) in [6.07, 6.45) is 1.33. The molecule has 2 N–H and O–H groups in total. The molecule has 32 heavy (non-hydrogen) atoms. The van der Waals surface area contributed by atoms with Crippen molar-refractivity contribution in [3.63, 3.8) is 0 Å². The van der Waals surface area contributed by atoms with E-state index < -0.39 is 23.1 Å². The molecule has 0 spiro atoms. The first-order valence-corrected chi connectivity index (χ1v) is 11.0. The molecule has 0 aromatic heterocycles. The number of ether oxygens (including phenoxy) is 2. The molecule has 2 fully saturated rings. The van der Waals surface area contributed by atoms with Crippen molar-refractivity contribution >= 4 is 24.1 Å². The summed E-state index contributed by atoms with van der Waals surface area (Å²) in [6, 6.07) is 0. The molecule has 2 saturated heterocycles. The van der Waals surface area contributed by atoms with Crippen molar-refractivity contribution < 1.29 is 38.9 Å². The van der Waals surface area contributed by atoms with E-state index in [2.05, 4.69) is 0 Å². The maximum absolute atomic E-state index is 11.6. The Kier molecular flexibility index (Phi) is 9.78. The summed E-state index contributed by atoms with van der Waals surface area (Å²) in [5.74, 6) is -2.19. The van der Waals surface area contributed by atoms with Gasteiger partial charge in [-0.05, 0) is 67.2 Å². The SMILES string of the molecule is CC(C)(C)OC(=O)N1CCC(C(=O)O)CC1.CC(C)(C)OC(=O)N1CCC(C(=O)O)CC1. The number of piperidine rings is 2. The van der Waals surface area contributed by atoms with E-state index in [1.165, 1.54) is 0 Å². The van der Waals surface area contributed by atoms with Gasteiger partial charge in [-0.3, -0.25) is 9.59 Å². The number of carboxylic acid groups (broad SMARTS) is 2. The first kappa shape index (κ1) is 27.5. The van der Waals surface area contributed by atoms with Crippen LogP contribution in [0.2, 0.25) is 0 Å². The van der Waals surface area contributed by atoms with Gasteiger partial charge in [0, 0.05) is 26.2 Å². The average Bonchev–Trinajstić information content (AvgIpc) is 2.66. The largest absolute Gasteiger partial charge is 0.481 e. The van der Waals surface area contributed by atoms with Gasteiger partial charge in [-0.15, -0.1) is 0 Å². The number of carbonyl (C=O) groups excluding carboxylic acids is 2. The molecule has 0 atom stereocenters. The van der Waals surface area contributed by atoms with Crippen LogP contribution in [0, 0.1) is 11.8 Å². The predicted molar refractivity (Wildman–Crippen MR) is 116 cm³/mol. The van der Waals surface area contributed by atoms with Gasteiger partial charge in [0.2, 0.25) is 0 Å². The molecule has 2 aliphatic heterocycles. The van der Waals surface area contributed by atoms with E-state index in [-0.39, 0.29) is 24.0 Å². The Balaban J connectivity index is 0.000000320. The van der Waals surface area contributed by atoms with Crippen LogP contribution >= 0.6 is 0 Å². The summed E-state index contributed by atoms with van der Waals surface area (Å²) < 4.78 is 10.4. The van der Waals surface area contributed by atoms with Crippen LogP contribution in [0.5, 0.6) is 0 Å². The van der Waals surface area contributed by atoms with Gasteiger partial charge in [0.1, 0.15) is 11.2 Å². The smallest absolute Gasteiger partial charge is 0.410 e. The summed E-state index contributed by atoms with van der Waals surface area (Å²) in [4.78, 5) is 47.9. The van der Waals surface area contributed by atoms with E-state index in [4.69, 9.17) is 19.7 Å². The molecule has 2 aliphatic rings.